The molecule has 0 aromatic carbocycles. The topological polar surface area (TPSA) is 68.8 Å². The molecule has 1 atom stereocenters. The van der Waals surface area contributed by atoms with Gasteiger partial charge in [-0.25, -0.2) is 0 Å². The molecule has 0 aliphatic carbocycles. The number of hydrogen-bond acceptors (Lipinski definition) is 4. The van der Waals surface area contributed by atoms with Crippen molar-refractivity contribution in [3.63, 3.8) is 0 Å². The molecule has 0 aliphatic rings. The SMILES string of the molecule is Cn1ccc(C(CCc2cccnc2)NN)n1. The second kappa shape index (κ2) is 5.56. The molecule has 90 valence electrons. The van der Waals surface area contributed by atoms with E-state index in [9.17, 15) is 0 Å². The van der Waals surface area contributed by atoms with Crippen molar-refractivity contribution in [3.05, 3.63) is 48.0 Å². The molecule has 3 N–H and O–H groups in total. The van der Waals surface area contributed by atoms with Gasteiger partial charge in [-0.2, -0.15) is 5.10 Å². The van der Waals surface area contributed by atoms with Gasteiger partial charge >= 0.3 is 0 Å². The van der Waals surface area contributed by atoms with Crippen LogP contribution in [0.5, 0.6) is 0 Å². The van der Waals surface area contributed by atoms with Crippen molar-refractivity contribution in [2.24, 2.45) is 12.9 Å². The molecule has 0 amide bonds. The first-order valence-corrected chi connectivity index (χ1v) is 5.64. The van der Waals surface area contributed by atoms with Gasteiger partial charge in [0.05, 0.1) is 11.7 Å². The summed E-state index contributed by atoms with van der Waals surface area (Å²) >= 11 is 0. The number of pyridine rings is 1. The van der Waals surface area contributed by atoms with Gasteiger partial charge in [0.1, 0.15) is 0 Å². The molecule has 1 unspecified atom stereocenters. The Kier molecular flexibility index (Phi) is 3.85. The van der Waals surface area contributed by atoms with Crippen molar-refractivity contribution in [1.29, 1.82) is 0 Å². The van der Waals surface area contributed by atoms with Crippen molar-refractivity contribution in [2.45, 2.75) is 18.9 Å². The Labute approximate surface area is 101 Å². The fourth-order valence-corrected chi connectivity index (χ4v) is 1.79. The first-order valence-electron chi connectivity index (χ1n) is 5.64. The second-order valence-corrected chi connectivity index (χ2v) is 4.03. The minimum absolute atomic E-state index is 0.0800. The van der Waals surface area contributed by atoms with Gasteiger partial charge in [0.2, 0.25) is 0 Å². The average Bonchev–Trinajstić information content (AvgIpc) is 2.78. The van der Waals surface area contributed by atoms with Crippen LogP contribution >= 0.6 is 0 Å². The van der Waals surface area contributed by atoms with Gasteiger partial charge < -0.3 is 0 Å². The lowest BCUT2D eigenvalue weighted by molar-refractivity contribution is 0.497. The van der Waals surface area contributed by atoms with Crippen molar-refractivity contribution >= 4 is 0 Å². The Morgan fingerprint density at radius 1 is 1.47 bits per heavy atom. The largest absolute Gasteiger partial charge is 0.275 e. The summed E-state index contributed by atoms with van der Waals surface area (Å²) in [6.07, 6.45) is 7.41. The zero-order valence-corrected chi connectivity index (χ0v) is 9.87. The van der Waals surface area contributed by atoms with Crippen molar-refractivity contribution in [3.8, 4) is 0 Å². The number of aryl methyl sites for hydroxylation is 2. The van der Waals surface area contributed by atoms with E-state index < -0.39 is 0 Å². The van der Waals surface area contributed by atoms with Gasteiger partial charge in [-0.3, -0.25) is 20.9 Å². The Morgan fingerprint density at radius 2 is 2.35 bits per heavy atom. The maximum Gasteiger partial charge on any atom is 0.0807 e. The first-order chi connectivity index (χ1) is 8.29. The van der Waals surface area contributed by atoms with Gasteiger partial charge in [0.15, 0.2) is 0 Å². The molecule has 5 nitrogen and oxygen atoms in total. The van der Waals surface area contributed by atoms with Crippen LogP contribution in [0.2, 0.25) is 0 Å². The molecule has 5 heteroatoms. The minimum atomic E-state index is 0.0800. The van der Waals surface area contributed by atoms with Crippen LogP contribution < -0.4 is 11.3 Å². The molecule has 2 aromatic heterocycles. The van der Waals surface area contributed by atoms with Crippen LogP contribution in [0.15, 0.2) is 36.8 Å². The summed E-state index contributed by atoms with van der Waals surface area (Å²) in [5.74, 6) is 5.56. The van der Waals surface area contributed by atoms with E-state index in [1.165, 1.54) is 5.56 Å². The molecule has 2 aromatic rings. The molecule has 17 heavy (non-hydrogen) atoms. The first kappa shape index (κ1) is 11.8. The van der Waals surface area contributed by atoms with E-state index in [0.29, 0.717) is 0 Å². The summed E-state index contributed by atoms with van der Waals surface area (Å²) in [6.45, 7) is 0. The number of hydrogen-bond donors (Lipinski definition) is 2. The number of nitrogens with two attached hydrogens (primary N) is 1. The zero-order valence-electron chi connectivity index (χ0n) is 9.87. The van der Waals surface area contributed by atoms with Crippen molar-refractivity contribution in [1.82, 2.24) is 20.2 Å². The third kappa shape index (κ3) is 3.12. The standard InChI is InChI=1S/C12H17N5/c1-17-8-6-12(16-17)11(15-13)5-4-10-3-2-7-14-9-10/h2-3,6-9,11,15H,4-5,13H2,1H3. The highest BCUT2D eigenvalue weighted by Gasteiger charge is 2.12. The van der Waals surface area contributed by atoms with E-state index in [0.717, 1.165) is 18.5 Å². The molecule has 0 fully saturated rings. The Balaban J connectivity index is 1.97. The Morgan fingerprint density at radius 3 is 2.94 bits per heavy atom. The predicted octanol–water partition coefficient (Wildman–Crippen LogP) is 0.952. The van der Waals surface area contributed by atoms with E-state index in [1.807, 2.05) is 31.6 Å². The quantitative estimate of drug-likeness (QED) is 0.594. The summed E-state index contributed by atoms with van der Waals surface area (Å²) in [7, 11) is 1.90. The Bertz CT molecular complexity index is 451. The smallest absolute Gasteiger partial charge is 0.0807 e. The molecule has 0 saturated carbocycles. The zero-order chi connectivity index (χ0) is 12.1. The van der Waals surface area contributed by atoms with Crippen LogP contribution in [0.3, 0.4) is 0 Å². The lowest BCUT2D eigenvalue weighted by Gasteiger charge is -2.13. The van der Waals surface area contributed by atoms with Gasteiger partial charge in [0, 0.05) is 25.6 Å². The third-order valence-corrected chi connectivity index (χ3v) is 2.74. The number of rotatable bonds is 5. The predicted molar refractivity (Wildman–Crippen MR) is 65.8 cm³/mol. The molecule has 0 radical (unpaired) electrons. The molecule has 0 aliphatic heterocycles. The fraction of sp³-hybridized carbons (Fsp3) is 0.333. The molecule has 0 spiro atoms. The third-order valence-electron chi connectivity index (χ3n) is 2.74. The highest BCUT2D eigenvalue weighted by atomic mass is 15.3. The maximum absolute atomic E-state index is 5.56. The molecule has 0 bridgehead atoms. The van der Waals surface area contributed by atoms with Crippen molar-refractivity contribution < 1.29 is 0 Å². The fourth-order valence-electron chi connectivity index (χ4n) is 1.79. The summed E-state index contributed by atoms with van der Waals surface area (Å²) in [4.78, 5) is 4.09. The average molecular weight is 231 g/mol. The lowest BCUT2D eigenvalue weighted by atomic mass is 10.1. The molecule has 0 saturated heterocycles. The normalized spacial score (nSPS) is 12.6. The highest BCUT2D eigenvalue weighted by Crippen LogP contribution is 2.16. The lowest BCUT2D eigenvalue weighted by Crippen LogP contribution is -2.28. The minimum Gasteiger partial charge on any atom is -0.275 e. The summed E-state index contributed by atoms with van der Waals surface area (Å²) in [5.41, 5.74) is 4.99. The van der Waals surface area contributed by atoms with Crippen LogP contribution in [0.4, 0.5) is 0 Å². The van der Waals surface area contributed by atoms with E-state index in [2.05, 4.69) is 21.6 Å². The van der Waals surface area contributed by atoms with Gasteiger partial charge in [-0.05, 0) is 30.5 Å². The number of nitrogens with one attached hydrogen (secondary N) is 1. The van der Waals surface area contributed by atoms with Gasteiger partial charge in [-0.15, -0.1) is 0 Å². The molecule has 2 heterocycles. The van der Waals surface area contributed by atoms with Gasteiger partial charge in [-0.1, -0.05) is 6.07 Å². The van der Waals surface area contributed by atoms with Gasteiger partial charge in [0.25, 0.3) is 0 Å². The van der Waals surface area contributed by atoms with Crippen LogP contribution in [0, 0.1) is 0 Å². The Hall–Kier alpha value is -1.72. The molecular weight excluding hydrogens is 214 g/mol. The van der Waals surface area contributed by atoms with Crippen molar-refractivity contribution in [2.75, 3.05) is 0 Å². The van der Waals surface area contributed by atoms with E-state index >= 15 is 0 Å². The number of hydrazine groups is 1. The van der Waals surface area contributed by atoms with E-state index in [-0.39, 0.29) is 6.04 Å². The maximum atomic E-state index is 5.56. The summed E-state index contributed by atoms with van der Waals surface area (Å²) in [5, 5.41) is 4.35. The number of aromatic nitrogens is 3. The second-order valence-electron chi connectivity index (χ2n) is 4.03. The molecular formula is C12H17N5. The number of nitrogens with zero attached hydrogens (tertiary/aromatic N) is 3. The highest BCUT2D eigenvalue weighted by molar-refractivity contribution is 5.11. The van der Waals surface area contributed by atoms with Crippen LogP contribution in [0.25, 0.3) is 0 Å². The van der Waals surface area contributed by atoms with Crippen LogP contribution in [-0.2, 0) is 13.5 Å². The van der Waals surface area contributed by atoms with Crippen LogP contribution in [0.1, 0.15) is 23.7 Å². The molecule has 2 rings (SSSR count). The van der Waals surface area contributed by atoms with Crippen LogP contribution in [-0.4, -0.2) is 14.8 Å². The monoisotopic (exact) mass is 231 g/mol. The van der Waals surface area contributed by atoms with E-state index in [1.54, 1.807) is 10.9 Å². The summed E-state index contributed by atoms with van der Waals surface area (Å²) < 4.78 is 1.78. The summed E-state index contributed by atoms with van der Waals surface area (Å²) in [6, 6.07) is 6.07. The van der Waals surface area contributed by atoms with E-state index in [4.69, 9.17) is 5.84 Å².